The summed E-state index contributed by atoms with van der Waals surface area (Å²) in [4.78, 5) is 67.4. The molecule has 0 aromatic carbocycles. The van der Waals surface area contributed by atoms with Crippen LogP contribution in [0.5, 0.6) is 0 Å². The van der Waals surface area contributed by atoms with Crippen molar-refractivity contribution in [2.24, 2.45) is 17.3 Å². The molecule has 3 aliphatic rings. The van der Waals surface area contributed by atoms with Gasteiger partial charge in [0.1, 0.15) is 12.1 Å². The van der Waals surface area contributed by atoms with Crippen molar-refractivity contribution in [3.8, 4) is 0 Å². The number of nitrogens with one attached hydrogen (secondary N) is 4. The molecule has 0 aromatic heterocycles. The molecule has 0 radical (unpaired) electrons. The highest BCUT2D eigenvalue weighted by Gasteiger charge is 2.47. The Labute approximate surface area is 259 Å². The minimum Gasteiger partial charge on any atom is -0.381 e. The highest BCUT2D eigenvalue weighted by Crippen LogP contribution is 2.37. The van der Waals surface area contributed by atoms with E-state index in [1.54, 1.807) is 20.8 Å². The van der Waals surface area contributed by atoms with Gasteiger partial charge in [-0.3, -0.25) is 24.0 Å². The molecule has 11 nitrogen and oxygen atoms in total. The maximum absolute atomic E-state index is 13.9. The van der Waals surface area contributed by atoms with Crippen molar-refractivity contribution in [3.63, 3.8) is 0 Å². The number of carbonyl (C=O) groups is 5. The van der Waals surface area contributed by atoms with Crippen molar-refractivity contribution in [2.75, 3.05) is 13.6 Å². The summed E-state index contributed by atoms with van der Waals surface area (Å²) in [6, 6.07) is -3.79. The van der Waals surface area contributed by atoms with E-state index in [0.717, 1.165) is 25.7 Å². The molecular formula is C31H51F2N5O6. The molecular weight excluding hydrogens is 576 g/mol. The molecule has 250 valence electrons. The van der Waals surface area contributed by atoms with Crippen LogP contribution in [0.1, 0.15) is 98.3 Å². The van der Waals surface area contributed by atoms with Crippen LogP contribution in [0.2, 0.25) is 0 Å². The van der Waals surface area contributed by atoms with Gasteiger partial charge in [0.25, 0.3) is 11.8 Å². The molecule has 44 heavy (non-hydrogen) atoms. The Morgan fingerprint density at radius 1 is 1.05 bits per heavy atom. The molecule has 2 saturated carbocycles. The molecule has 0 spiro atoms. The number of likely N-dealkylation sites (N-methyl/N-ethyl adjacent to an activating group) is 1. The van der Waals surface area contributed by atoms with Crippen LogP contribution in [0.15, 0.2) is 0 Å². The fraction of sp³-hybridized carbons (Fsp3) is 0.839. The van der Waals surface area contributed by atoms with E-state index in [1.807, 2.05) is 6.92 Å². The van der Waals surface area contributed by atoms with Crippen molar-refractivity contribution in [1.82, 2.24) is 26.2 Å². The number of aliphatic hydroxyl groups is 1. The Morgan fingerprint density at radius 3 is 2.23 bits per heavy atom. The standard InChI is InChI=1S/C31H51F2N5O6/c1-6-10-22(38(5)28(43)23(18-11-7-8-12-18)37-29(44)30(2,3)4)26(41)36-21(15-19-13-9-14-34-25(19)40)24(39)27(42)35-20-16-31(32,33)17-20/h18-24,39H,6-17H2,1-5H3,(H,34,40)(H,35,42)(H,36,41)(H,37,44)/t19-,21-,22-,23+,24?/m0/s1. The van der Waals surface area contributed by atoms with Gasteiger partial charge < -0.3 is 31.3 Å². The van der Waals surface area contributed by atoms with Crippen LogP contribution in [0.3, 0.4) is 0 Å². The molecule has 0 bridgehead atoms. The van der Waals surface area contributed by atoms with Crippen LogP contribution in [-0.2, 0) is 24.0 Å². The maximum Gasteiger partial charge on any atom is 0.252 e. The van der Waals surface area contributed by atoms with Gasteiger partial charge in [-0.2, -0.15) is 0 Å². The molecule has 2 aliphatic carbocycles. The van der Waals surface area contributed by atoms with E-state index in [0.29, 0.717) is 25.8 Å². The zero-order valence-electron chi connectivity index (χ0n) is 26.7. The Balaban J connectivity index is 1.79. The first-order valence-electron chi connectivity index (χ1n) is 16.1. The summed E-state index contributed by atoms with van der Waals surface area (Å²) in [7, 11) is 1.51. The number of hydrogen-bond acceptors (Lipinski definition) is 6. The average molecular weight is 628 g/mol. The van der Waals surface area contributed by atoms with Crippen LogP contribution in [0, 0.1) is 17.3 Å². The fourth-order valence-electron chi connectivity index (χ4n) is 6.32. The van der Waals surface area contributed by atoms with Crippen LogP contribution >= 0.6 is 0 Å². The number of aliphatic hydroxyl groups excluding tert-OH is 1. The summed E-state index contributed by atoms with van der Waals surface area (Å²) in [5.74, 6) is -5.95. The van der Waals surface area contributed by atoms with E-state index in [9.17, 15) is 37.9 Å². The Morgan fingerprint density at radius 2 is 1.68 bits per heavy atom. The third-order valence-corrected chi connectivity index (χ3v) is 9.14. The lowest BCUT2D eigenvalue weighted by Crippen LogP contribution is -2.61. The average Bonchev–Trinajstić information content (AvgIpc) is 3.47. The van der Waals surface area contributed by atoms with E-state index in [4.69, 9.17) is 0 Å². The van der Waals surface area contributed by atoms with Crippen molar-refractivity contribution in [3.05, 3.63) is 0 Å². The summed E-state index contributed by atoms with van der Waals surface area (Å²) in [6.45, 7) is 7.65. The normalized spacial score (nSPS) is 23.4. The van der Waals surface area contributed by atoms with Crippen molar-refractivity contribution < 1.29 is 37.9 Å². The van der Waals surface area contributed by atoms with Gasteiger partial charge in [-0.1, -0.05) is 47.0 Å². The highest BCUT2D eigenvalue weighted by atomic mass is 19.3. The number of carbonyl (C=O) groups excluding carboxylic acids is 5. The maximum atomic E-state index is 13.9. The number of alkyl halides is 2. The smallest absolute Gasteiger partial charge is 0.252 e. The molecule has 1 aliphatic heterocycles. The van der Waals surface area contributed by atoms with E-state index >= 15 is 0 Å². The van der Waals surface area contributed by atoms with Crippen molar-refractivity contribution >= 4 is 29.5 Å². The lowest BCUT2D eigenvalue weighted by molar-refractivity contribution is -0.145. The van der Waals surface area contributed by atoms with E-state index < -0.39 is 78.1 Å². The second-order valence-corrected chi connectivity index (χ2v) is 13.9. The van der Waals surface area contributed by atoms with Gasteiger partial charge in [-0.25, -0.2) is 8.78 Å². The fourth-order valence-corrected chi connectivity index (χ4v) is 6.32. The summed E-state index contributed by atoms with van der Waals surface area (Å²) >= 11 is 0. The van der Waals surface area contributed by atoms with Crippen molar-refractivity contribution in [1.29, 1.82) is 0 Å². The number of nitrogens with zero attached hydrogens (tertiary/aromatic N) is 1. The Kier molecular flexibility index (Phi) is 12.1. The summed E-state index contributed by atoms with van der Waals surface area (Å²) < 4.78 is 26.7. The minimum atomic E-state index is -2.87. The lowest BCUT2D eigenvalue weighted by Gasteiger charge is -2.37. The van der Waals surface area contributed by atoms with Crippen LogP contribution in [0.4, 0.5) is 8.78 Å². The Bertz CT molecular complexity index is 1050. The zero-order chi connectivity index (χ0) is 32.8. The van der Waals surface area contributed by atoms with Crippen LogP contribution in [0.25, 0.3) is 0 Å². The van der Waals surface area contributed by atoms with Gasteiger partial charge in [0, 0.05) is 43.8 Å². The second kappa shape index (κ2) is 15.0. The molecule has 13 heteroatoms. The molecule has 1 heterocycles. The van der Waals surface area contributed by atoms with Gasteiger partial charge >= 0.3 is 0 Å². The quantitative estimate of drug-likeness (QED) is 0.210. The monoisotopic (exact) mass is 627 g/mol. The van der Waals surface area contributed by atoms with Crippen molar-refractivity contribution in [2.45, 2.75) is 135 Å². The largest absolute Gasteiger partial charge is 0.381 e. The number of halogens is 2. The van der Waals surface area contributed by atoms with E-state index in [2.05, 4.69) is 21.3 Å². The van der Waals surface area contributed by atoms with Crippen LogP contribution in [-0.4, -0.2) is 89.3 Å². The highest BCUT2D eigenvalue weighted by molar-refractivity contribution is 5.93. The van der Waals surface area contributed by atoms with Gasteiger partial charge in [0.2, 0.25) is 23.6 Å². The van der Waals surface area contributed by atoms with Gasteiger partial charge in [0.05, 0.1) is 6.04 Å². The molecule has 0 aromatic rings. The summed E-state index contributed by atoms with van der Waals surface area (Å²) in [6.07, 6.45) is 2.51. The van der Waals surface area contributed by atoms with Gasteiger partial charge in [-0.15, -0.1) is 0 Å². The first-order valence-corrected chi connectivity index (χ1v) is 16.1. The Hall–Kier alpha value is -2.83. The molecule has 3 fully saturated rings. The molecule has 5 atom stereocenters. The first-order chi connectivity index (χ1) is 20.5. The van der Waals surface area contributed by atoms with Gasteiger partial charge in [0.15, 0.2) is 6.10 Å². The lowest BCUT2D eigenvalue weighted by atomic mass is 9.87. The number of amides is 5. The summed E-state index contributed by atoms with van der Waals surface area (Å²) in [5.41, 5.74) is -0.722. The van der Waals surface area contributed by atoms with Gasteiger partial charge in [-0.05, 0) is 44.4 Å². The molecule has 5 N–H and O–H groups in total. The number of rotatable bonds is 13. The van der Waals surface area contributed by atoms with E-state index in [-0.39, 0.29) is 30.6 Å². The summed E-state index contributed by atoms with van der Waals surface area (Å²) in [5, 5.41) is 21.9. The third kappa shape index (κ3) is 9.34. The third-order valence-electron chi connectivity index (χ3n) is 9.14. The number of piperidine rings is 1. The second-order valence-electron chi connectivity index (χ2n) is 13.9. The topological polar surface area (TPSA) is 157 Å². The predicted octanol–water partition coefficient (Wildman–Crippen LogP) is 2.01. The zero-order valence-corrected chi connectivity index (χ0v) is 26.7. The minimum absolute atomic E-state index is 0.0458. The predicted molar refractivity (Wildman–Crippen MR) is 159 cm³/mol. The van der Waals surface area contributed by atoms with E-state index in [1.165, 1.54) is 11.9 Å². The first kappa shape index (κ1) is 35.6. The van der Waals surface area contributed by atoms with Crippen LogP contribution < -0.4 is 21.3 Å². The number of hydrogen-bond donors (Lipinski definition) is 5. The molecule has 1 unspecified atom stereocenters. The molecule has 5 amide bonds. The molecule has 1 saturated heterocycles. The SMILES string of the molecule is CCC[C@@H](C(=O)N[C@@H](C[C@@H]1CCCNC1=O)C(O)C(=O)NC1CC(F)(F)C1)N(C)C(=O)[C@H](NC(=O)C(C)(C)C)C1CCCC1. The molecule has 3 rings (SSSR count).